The molecular formula is C19H27N3O4. The predicted octanol–water partition coefficient (Wildman–Crippen LogP) is 0.681. The lowest BCUT2D eigenvalue weighted by atomic mass is 9.90. The highest BCUT2D eigenvalue weighted by atomic mass is 16.5. The molecule has 1 aliphatic heterocycles. The number of carbonyl (C=O) groups excluding carboxylic acids is 3. The molecule has 1 heterocycles. The average Bonchev–Trinajstić information content (AvgIpc) is 2.67. The third-order valence-corrected chi connectivity index (χ3v) is 4.69. The molecule has 3 amide bonds. The highest BCUT2D eigenvalue weighted by Gasteiger charge is 2.39. The Morgan fingerprint density at radius 2 is 1.92 bits per heavy atom. The standard InChI is InChI=1S/C19H27N3O4/c1-19(2,18(25)22-11-9-21(14-23)10-12-22)17(24)20-8-7-15-5-4-6-16(13-15)26-3/h4-6,13-14H,7-12H2,1-3H3,(H,20,24). The summed E-state index contributed by atoms with van der Waals surface area (Å²) in [7, 11) is 1.62. The molecule has 1 saturated heterocycles. The molecule has 2 rings (SSSR count). The van der Waals surface area contributed by atoms with Crippen LogP contribution in [0.3, 0.4) is 0 Å². The summed E-state index contributed by atoms with van der Waals surface area (Å²) in [5.74, 6) is 0.281. The van der Waals surface area contributed by atoms with Crippen LogP contribution in [0.25, 0.3) is 0 Å². The van der Waals surface area contributed by atoms with E-state index in [1.54, 1.807) is 30.8 Å². The minimum absolute atomic E-state index is 0.207. The van der Waals surface area contributed by atoms with Crippen molar-refractivity contribution in [2.45, 2.75) is 20.3 Å². The molecule has 0 aliphatic carbocycles. The summed E-state index contributed by atoms with van der Waals surface area (Å²) < 4.78 is 5.19. The molecule has 1 aliphatic rings. The number of benzene rings is 1. The van der Waals surface area contributed by atoms with Gasteiger partial charge in [-0.25, -0.2) is 0 Å². The first-order chi connectivity index (χ1) is 12.4. The summed E-state index contributed by atoms with van der Waals surface area (Å²) in [4.78, 5) is 39.3. The van der Waals surface area contributed by atoms with Crippen molar-refractivity contribution in [3.8, 4) is 5.75 Å². The Labute approximate surface area is 154 Å². The zero-order valence-electron chi connectivity index (χ0n) is 15.7. The topological polar surface area (TPSA) is 79.0 Å². The van der Waals surface area contributed by atoms with Crippen LogP contribution in [-0.4, -0.2) is 67.9 Å². The normalized spacial score (nSPS) is 14.7. The molecule has 1 N–H and O–H groups in total. The number of nitrogens with zero attached hydrogens (tertiary/aromatic N) is 2. The van der Waals surface area contributed by atoms with E-state index in [0.717, 1.165) is 17.7 Å². The number of methoxy groups -OCH3 is 1. The fraction of sp³-hybridized carbons (Fsp3) is 0.526. The molecule has 142 valence electrons. The Kier molecular flexibility index (Phi) is 6.60. The number of piperazine rings is 1. The highest BCUT2D eigenvalue weighted by Crippen LogP contribution is 2.20. The van der Waals surface area contributed by atoms with E-state index < -0.39 is 5.41 Å². The van der Waals surface area contributed by atoms with Gasteiger partial charge in [0.2, 0.25) is 18.2 Å². The Morgan fingerprint density at radius 3 is 2.54 bits per heavy atom. The van der Waals surface area contributed by atoms with Crippen LogP contribution in [0.15, 0.2) is 24.3 Å². The fourth-order valence-electron chi connectivity index (χ4n) is 2.89. The Bertz CT molecular complexity index is 652. The monoisotopic (exact) mass is 361 g/mol. The molecule has 7 heteroatoms. The maximum atomic E-state index is 12.7. The third-order valence-electron chi connectivity index (χ3n) is 4.69. The van der Waals surface area contributed by atoms with Gasteiger partial charge < -0.3 is 19.9 Å². The second-order valence-electron chi connectivity index (χ2n) is 6.92. The summed E-state index contributed by atoms with van der Waals surface area (Å²) in [5.41, 5.74) is -0.0867. The summed E-state index contributed by atoms with van der Waals surface area (Å²) in [6.07, 6.45) is 1.45. The number of nitrogens with one attached hydrogen (secondary N) is 1. The predicted molar refractivity (Wildman–Crippen MR) is 97.7 cm³/mol. The minimum Gasteiger partial charge on any atom is -0.497 e. The highest BCUT2D eigenvalue weighted by molar-refractivity contribution is 6.04. The molecule has 0 unspecified atom stereocenters. The molecule has 1 aromatic carbocycles. The van der Waals surface area contributed by atoms with Crippen LogP contribution in [0.5, 0.6) is 5.75 Å². The molecule has 0 spiro atoms. The van der Waals surface area contributed by atoms with Crippen molar-refractivity contribution >= 4 is 18.2 Å². The van der Waals surface area contributed by atoms with Crippen LogP contribution >= 0.6 is 0 Å². The van der Waals surface area contributed by atoms with E-state index in [4.69, 9.17) is 4.74 Å². The Balaban J connectivity index is 1.86. The number of ether oxygens (including phenoxy) is 1. The van der Waals surface area contributed by atoms with Crippen molar-refractivity contribution in [2.75, 3.05) is 39.8 Å². The summed E-state index contributed by atoms with van der Waals surface area (Å²) in [5, 5.41) is 2.86. The molecule has 1 aromatic rings. The van der Waals surface area contributed by atoms with Gasteiger partial charge in [-0.05, 0) is 38.0 Å². The van der Waals surface area contributed by atoms with Crippen LogP contribution in [-0.2, 0) is 20.8 Å². The molecule has 0 atom stereocenters. The van der Waals surface area contributed by atoms with Crippen LogP contribution in [0.4, 0.5) is 0 Å². The second-order valence-corrected chi connectivity index (χ2v) is 6.92. The van der Waals surface area contributed by atoms with Crippen molar-refractivity contribution in [3.63, 3.8) is 0 Å². The fourth-order valence-corrected chi connectivity index (χ4v) is 2.89. The summed E-state index contributed by atoms with van der Waals surface area (Å²) in [6, 6.07) is 7.67. The van der Waals surface area contributed by atoms with Gasteiger partial charge in [0.05, 0.1) is 7.11 Å². The maximum absolute atomic E-state index is 12.7. The van der Waals surface area contributed by atoms with E-state index in [0.29, 0.717) is 39.1 Å². The number of carbonyl (C=O) groups is 3. The van der Waals surface area contributed by atoms with Crippen LogP contribution in [0.1, 0.15) is 19.4 Å². The summed E-state index contributed by atoms with van der Waals surface area (Å²) >= 11 is 0. The second kappa shape index (κ2) is 8.69. The number of amides is 3. The molecule has 0 aromatic heterocycles. The van der Waals surface area contributed by atoms with Crippen molar-refractivity contribution in [3.05, 3.63) is 29.8 Å². The molecule has 26 heavy (non-hydrogen) atoms. The zero-order chi connectivity index (χ0) is 19.2. The van der Waals surface area contributed by atoms with E-state index in [-0.39, 0.29) is 11.8 Å². The lowest BCUT2D eigenvalue weighted by Crippen LogP contribution is -2.55. The molecule has 1 fully saturated rings. The van der Waals surface area contributed by atoms with Gasteiger partial charge in [-0.3, -0.25) is 14.4 Å². The van der Waals surface area contributed by atoms with E-state index >= 15 is 0 Å². The van der Waals surface area contributed by atoms with Crippen LogP contribution < -0.4 is 10.1 Å². The van der Waals surface area contributed by atoms with Crippen LogP contribution in [0, 0.1) is 5.41 Å². The van der Waals surface area contributed by atoms with Crippen LogP contribution in [0.2, 0.25) is 0 Å². The number of hydrogen-bond donors (Lipinski definition) is 1. The quantitative estimate of drug-likeness (QED) is 0.572. The summed E-state index contributed by atoms with van der Waals surface area (Å²) in [6.45, 7) is 5.65. The molecule has 0 bridgehead atoms. The van der Waals surface area contributed by atoms with Gasteiger partial charge in [-0.2, -0.15) is 0 Å². The average molecular weight is 361 g/mol. The maximum Gasteiger partial charge on any atom is 0.237 e. The van der Waals surface area contributed by atoms with E-state index in [9.17, 15) is 14.4 Å². The van der Waals surface area contributed by atoms with Crippen molar-refractivity contribution in [1.82, 2.24) is 15.1 Å². The number of rotatable bonds is 7. The zero-order valence-corrected chi connectivity index (χ0v) is 15.7. The van der Waals surface area contributed by atoms with E-state index in [2.05, 4.69) is 5.32 Å². The lowest BCUT2D eigenvalue weighted by Gasteiger charge is -2.36. The van der Waals surface area contributed by atoms with Gasteiger partial charge in [0.15, 0.2) is 0 Å². The number of hydrogen-bond acceptors (Lipinski definition) is 4. The van der Waals surface area contributed by atoms with Gasteiger partial charge in [-0.15, -0.1) is 0 Å². The SMILES string of the molecule is COc1cccc(CCNC(=O)C(C)(C)C(=O)N2CCN(C=O)CC2)c1. The smallest absolute Gasteiger partial charge is 0.237 e. The van der Waals surface area contributed by atoms with Crippen molar-refractivity contribution in [1.29, 1.82) is 0 Å². The Hall–Kier alpha value is -2.57. The van der Waals surface area contributed by atoms with Gasteiger partial charge in [0.1, 0.15) is 11.2 Å². The van der Waals surface area contributed by atoms with E-state index in [1.807, 2.05) is 24.3 Å². The van der Waals surface area contributed by atoms with Crippen molar-refractivity contribution < 1.29 is 19.1 Å². The largest absolute Gasteiger partial charge is 0.497 e. The first kappa shape index (κ1) is 19.8. The Morgan fingerprint density at radius 1 is 1.23 bits per heavy atom. The first-order valence-electron chi connectivity index (χ1n) is 8.78. The van der Waals surface area contributed by atoms with Gasteiger partial charge in [0, 0.05) is 32.7 Å². The molecule has 0 radical (unpaired) electrons. The van der Waals surface area contributed by atoms with E-state index in [1.165, 1.54) is 0 Å². The van der Waals surface area contributed by atoms with Gasteiger partial charge in [0.25, 0.3) is 0 Å². The van der Waals surface area contributed by atoms with Crippen molar-refractivity contribution in [2.24, 2.45) is 5.41 Å². The molecular weight excluding hydrogens is 334 g/mol. The molecule has 0 saturated carbocycles. The first-order valence-corrected chi connectivity index (χ1v) is 8.78. The third kappa shape index (κ3) is 4.74. The molecule has 7 nitrogen and oxygen atoms in total. The van der Waals surface area contributed by atoms with Gasteiger partial charge in [-0.1, -0.05) is 12.1 Å². The minimum atomic E-state index is -1.14. The van der Waals surface area contributed by atoms with Gasteiger partial charge >= 0.3 is 0 Å². The lowest BCUT2D eigenvalue weighted by molar-refractivity contribution is -0.150.